The first-order valence-electron chi connectivity index (χ1n) is 9.55. The molecule has 170 valence electrons. The number of ether oxygens (including phenoxy) is 1. The monoisotopic (exact) mass is 510 g/mol. The lowest BCUT2D eigenvalue weighted by molar-refractivity contribution is -0.121. The van der Waals surface area contributed by atoms with E-state index < -0.39 is 22.0 Å². The van der Waals surface area contributed by atoms with Gasteiger partial charge in [-0.1, -0.05) is 19.9 Å². The van der Waals surface area contributed by atoms with Gasteiger partial charge in [0, 0.05) is 18.9 Å². The van der Waals surface area contributed by atoms with Gasteiger partial charge in [0.05, 0.1) is 12.0 Å². The molecule has 1 amide bonds. The Hall–Kier alpha value is -2.25. The number of sulfonamides is 1. The zero-order valence-corrected chi connectivity index (χ0v) is 20.9. The lowest BCUT2D eigenvalue weighted by Gasteiger charge is -2.32. The Morgan fingerprint density at radius 2 is 1.94 bits per heavy atom. The number of anilines is 1. The molecule has 3 rings (SSSR count). The number of aromatic nitrogens is 2. The summed E-state index contributed by atoms with van der Waals surface area (Å²) in [6.07, 6.45) is 3.19. The van der Waals surface area contributed by atoms with Gasteiger partial charge in [0.25, 0.3) is 0 Å². The van der Waals surface area contributed by atoms with E-state index in [4.69, 9.17) is 17.0 Å². The fourth-order valence-electron chi connectivity index (χ4n) is 3.08. The van der Waals surface area contributed by atoms with Crippen molar-refractivity contribution < 1.29 is 17.9 Å². The smallest absolute Gasteiger partial charge is 0.244 e. The molecule has 0 spiro atoms. The summed E-state index contributed by atoms with van der Waals surface area (Å²) in [6, 6.07) is 8.57. The average molecular weight is 511 g/mol. The molecule has 1 unspecified atom stereocenters. The molecule has 12 heteroatoms. The summed E-state index contributed by atoms with van der Waals surface area (Å²) in [6.45, 7) is 3.57. The first kappa shape index (κ1) is 24.4. The Bertz CT molecular complexity index is 1210. The van der Waals surface area contributed by atoms with Crippen molar-refractivity contribution in [1.82, 2.24) is 14.3 Å². The molecule has 0 saturated heterocycles. The van der Waals surface area contributed by atoms with E-state index in [1.165, 1.54) is 44.2 Å². The van der Waals surface area contributed by atoms with E-state index in [-0.39, 0.29) is 17.4 Å². The predicted molar refractivity (Wildman–Crippen MR) is 128 cm³/mol. The maximum Gasteiger partial charge on any atom is 0.244 e. The molecule has 8 nitrogen and oxygen atoms in total. The van der Waals surface area contributed by atoms with Gasteiger partial charge in [0.1, 0.15) is 11.8 Å². The van der Waals surface area contributed by atoms with Crippen molar-refractivity contribution in [3.63, 3.8) is 0 Å². The molecular formula is C20H22N4O4S4. The highest BCUT2D eigenvalue weighted by atomic mass is 32.9. The van der Waals surface area contributed by atoms with Crippen LogP contribution in [0, 0.1) is 9.87 Å². The zero-order valence-electron chi connectivity index (χ0n) is 17.6. The normalized spacial score (nSPS) is 12.7. The number of rotatable bonds is 9. The summed E-state index contributed by atoms with van der Waals surface area (Å²) in [5.41, 5.74) is 0.660. The number of amides is 1. The van der Waals surface area contributed by atoms with E-state index in [9.17, 15) is 13.2 Å². The van der Waals surface area contributed by atoms with Gasteiger partial charge in [-0.05, 0) is 74.7 Å². The highest BCUT2D eigenvalue weighted by Crippen LogP contribution is 2.27. The molecule has 1 aromatic carbocycles. The van der Waals surface area contributed by atoms with Crippen LogP contribution in [0.3, 0.4) is 0 Å². The third kappa shape index (κ3) is 5.75. The van der Waals surface area contributed by atoms with E-state index in [2.05, 4.69) is 15.3 Å². The van der Waals surface area contributed by atoms with Gasteiger partial charge in [-0.3, -0.25) is 15.1 Å². The van der Waals surface area contributed by atoms with Crippen molar-refractivity contribution in [1.29, 1.82) is 0 Å². The van der Waals surface area contributed by atoms with Gasteiger partial charge in [-0.2, -0.15) is 9.29 Å². The molecule has 1 atom stereocenters. The van der Waals surface area contributed by atoms with Gasteiger partial charge in [0.2, 0.25) is 21.1 Å². The van der Waals surface area contributed by atoms with E-state index in [0.717, 1.165) is 0 Å². The number of benzene rings is 1. The van der Waals surface area contributed by atoms with Gasteiger partial charge in [-0.15, -0.1) is 0 Å². The Labute approximate surface area is 199 Å². The lowest BCUT2D eigenvalue weighted by Crippen LogP contribution is -2.49. The quantitative estimate of drug-likeness (QED) is 0.340. The van der Waals surface area contributed by atoms with Crippen LogP contribution in [-0.4, -0.2) is 41.7 Å². The zero-order chi connectivity index (χ0) is 23.3. The van der Waals surface area contributed by atoms with Crippen LogP contribution in [0.4, 0.5) is 5.13 Å². The second kappa shape index (κ2) is 10.6. The second-order valence-corrected chi connectivity index (χ2v) is 11.8. The van der Waals surface area contributed by atoms with Gasteiger partial charge in [-0.25, -0.2) is 8.42 Å². The summed E-state index contributed by atoms with van der Waals surface area (Å²) in [5.74, 6) is -0.269. The lowest BCUT2D eigenvalue weighted by atomic mass is 10.0. The predicted octanol–water partition coefficient (Wildman–Crippen LogP) is 4.19. The molecule has 0 bridgehead atoms. The maximum absolute atomic E-state index is 13.7. The molecule has 1 N–H and O–H groups in total. The Kier molecular flexibility index (Phi) is 8.06. The van der Waals surface area contributed by atoms with E-state index >= 15 is 0 Å². The Morgan fingerprint density at radius 1 is 1.22 bits per heavy atom. The molecule has 3 aromatic rings. The molecule has 0 aliphatic heterocycles. The standard InChI is InChI=1S/C20H22N4O4S4/c1-13(2)17(18(25)22-19-23-20(29)31-30-19)24(12-14-5-4-10-21-11-14)32(26,27)16-8-6-15(28-3)7-9-16/h4-11,13,17H,12H2,1-3H3,(H,22,23,25,29). The Balaban J connectivity index is 2.03. The van der Waals surface area contributed by atoms with Crippen LogP contribution in [-0.2, 0) is 21.4 Å². The van der Waals surface area contributed by atoms with Crippen LogP contribution >= 0.6 is 32.9 Å². The van der Waals surface area contributed by atoms with Crippen LogP contribution in [0.1, 0.15) is 19.4 Å². The fourth-order valence-corrected chi connectivity index (χ4v) is 6.65. The number of pyridine rings is 1. The van der Waals surface area contributed by atoms with E-state index in [1.807, 2.05) is 0 Å². The van der Waals surface area contributed by atoms with Crippen LogP contribution in [0.2, 0.25) is 0 Å². The van der Waals surface area contributed by atoms with Crippen LogP contribution in [0.25, 0.3) is 0 Å². The second-order valence-electron chi connectivity index (χ2n) is 7.11. The molecule has 0 radical (unpaired) electrons. The van der Waals surface area contributed by atoms with Crippen molar-refractivity contribution in [2.45, 2.75) is 31.3 Å². The summed E-state index contributed by atoms with van der Waals surface area (Å²) < 4.78 is 34.1. The molecule has 32 heavy (non-hydrogen) atoms. The van der Waals surface area contributed by atoms with E-state index in [0.29, 0.717) is 20.4 Å². The molecule has 2 aromatic heterocycles. The molecule has 0 aliphatic rings. The molecule has 0 fully saturated rings. The number of carbonyl (C=O) groups excluding carboxylic acids is 1. The number of hydrogen-bond acceptors (Lipinski definition) is 9. The van der Waals surface area contributed by atoms with Crippen molar-refractivity contribution in [3.8, 4) is 5.75 Å². The number of nitrogens with one attached hydrogen (secondary N) is 1. The number of carbonyl (C=O) groups is 1. The topological polar surface area (TPSA) is 101 Å². The molecule has 0 saturated carbocycles. The van der Waals surface area contributed by atoms with Crippen molar-refractivity contribution in [2.75, 3.05) is 12.4 Å². The summed E-state index contributed by atoms with van der Waals surface area (Å²) in [4.78, 5) is 21.5. The number of nitrogens with zero attached hydrogens (tertiary/aromatic N) is 3. The molecule has 2 heterocycles. The first-order valence-corrected chi connectivity index (χ1v) is 13.5. The first-order chi connectivity index (χ1) is 15.2. The third-order valence-electron chi connectivity index (χ3n) is 4.55. The van der Waals surface area contributed by atoms with Crippen LogP contribution < -0.4 is 10.1 Å². The molecular weight excluding hydrogens is 489 g/mol. The average Bonchev–Trinajstić information content (AvgIpc) is 3.18. The summed E-state index contributed by atoms with van der Waals surface area (Å²) >= 11 is 5.03. The van der Waals surface area contributed by atoms with E-state index in [1.54, 1.807) is 50.5 Å². The Morgan fingerprint density at radius 3 is 2.47 bits per heavy atom. The third-order valence-corrected chi connectivity index (χ3v) is 8.92. The maximum atomic E-state index is 13.7. The van der Waals surface area contributed by atoms with Crippen molar-refractivity contribution >= 4 is 54.0 Å². The van der Waals surface area contributed by atoms with Crippen LogP contribution in [0.15, 0.2) is 53.7 Å². The fraction of sp³-hybridized carbons (Fsp3) is 0.300. The van der Waals surface area contributed by atoms with Gasteiger partial charge in [0.15, 0.2) is 3.95 Å². The summed E-state index contributed by atoms with van der Waals surface area (Å²) in [5, 5.41) is 3.07. The van der Waals surface area contributed by atoms with Crippen LogP contribution in [0.5, 0.6) is 5.75 Å². The van der Waals surface area contributed by atoms with Crippen molar-refractivity contribution in [2.24, 2.45) is 5.92 Å². The van der Waals surface area contributed by atoms with Gasteiger partial charge >= 0.3 is 0 Å². The summed E-state index contributed by atoms with van der Waals surface area (Å²) in [7, 11) is -0.0461. The minimum Gasteiger partial charge on any atom is -0.497 e. The SMILES string of the molecule is COc1ccc(S(=O)(=O)N(Cc2cccnc2)C(C(=O)Nc2nc(=S)ss2)C(C)C)cc1. The highest BCUT2D eigenvalue weighted by molar-refractivity contribution is 7.89. The minimum atomic E-state index is -4.05. The minimum absolute atomic E-state index is 0.0226. The number of methoxy groups -OCH3 is 1. The largest absolute Gasteiger partial charge is 0.497 e. The van der Waals surface area contributed by atoms with Gasteiger partial charge < -0.3 is 4.74 Å². The molecule has 0 aliphatic carbocycles. The number of hydrogen-bond donors (Lipinski definition) is 1. The van der Waals surface area contributed by atoms with Crippen molar-refractivity contribution in [3.05, 3.63) is 58.3 Å². The highest BCUT2D eigenvalue weighted by Gasteiger charge is 2.38.